The Morgan fingerprint density at radius 2 is 1.89 bits per heavy atom. The normalized spacial score (nSPS) is 16.7. The van der Waals surface area contributed by atoms with Crippen molar-refractivity contribution in [1.29, 1.82) is 0 Å². The Bertz CT molecular complexity index is 446. The van der Waals surface area contributed by atoms with Gasteiger partial charge in [-0.2, -0.15) is 0 Å². The van der Waals surface area contributed by atoms with Gasteiger partial charge in [-0.15, -0.1) is 0 Å². The second-order valence-corrected chi connectivity index (χ2v) is 4.23. The van der Waals surface area contributed by atoms with Crippen LogP contribution in [-0.4, -0.2) is 49.1 Å². The van der Waals surface area contributed by atoms with Gasteiger partial charge in [-0.25, -0.2) is 13.6 Å². The lowest BCUT2D eigenvalue weighted by atomic mass is 10.3. The van der Waals surface area contributed by atoms with Crippen molar-refractivity contribution in [3.05, 3.63) is 29.8 Å². The molecule has 0 bridgehead atoms. The number of hydrogen-bond donors (Lipinski definition) is 0. The van der Waals surface area contributed by atoms with Crippen LogP contribution in [-0.2, 0) is 0 Å². The molecule has 0 unspecified atom stereocenters. The molecular formula is C12H14F2N2O2. The van der Waals surface area contributed by atoms with Crippen molar-refractivity contribution in [2.75, 3.05) is 33.2 Å². The van der Waals surface area contributed by atoms with Crippen LogP contribution in [0.2, 0.25) is 0 Å². The highest BCUT2D eigenvalue weighted by atomic mass is 19.1. The van der Waals surface area contributed by atoms with Crippen molar-refractivity contribution in [2.24, 2.45) is 0 Å². The molecule has 1 amide bonds. The zero-order valence-corrected chi connectivity index (χ0v) is 10.0. The number of nitrogens with zero attached hydrogens (tertiary/aromatic N) is 2. The molecule has 18 heavy (non-hydrogen) atoms. The van der Waals surface area contributed by atoms with Gasteiger partial charge >= 0.3 is 6.09 Å². The molecule has 0 aliphatic carbocycles. The van der Waals surface area contributed by atoms with Gasteiger partial charge in [0, 0.05) is 32.2 Å². The number of carbonyl (C=O) groups excluding carboxylic acids is 1. The highest BCUT2D eigenvalue weighted by Gasteiger charge is 2.21. The number of piperazine rings is 1. The molecule has 0 radical (unpaired) electrons. The third-order valence-corrected chi connectivity index (χ3v) is 2.85. The van der Waals surface area contributed by atoms with Crippen LogP contribution in [0.4, 0.5) is 13.6 Å². The molecule has 1 heterocycles. The molecule has 0 spiro atoms. The zero-order valence-electron chi connectivity index (χ0n) is 10.0. The minimum absolute atomic E-state index is 0.250. The first kappa shape index (κ1) is 12.8. The first-order valence-corrected chi connectivity index (χ1v) is 5.66. The van der Waals surface area contributed by atoms with Crippen molar-refractivity contribution >= 4 is 6.09 Å². The van der Waals surface area contributed by atoms with E-state index in [0.29, 0.717) is 19.2 Å². The minimum atomic E-state index is -0.877. The van der Waals surface area contributed by atoms with Crippen LogP contribution in [0.25, 0.3) is 0 Å². The van der Waals surface area contributed by atoms with E-state index in [0.717, 1.165) is 25.2 Å². The Hall–Kier alpha value is -1.69. The molecule has 1 saturated heterocycles. The van der Waals surface area contributed by atoms with E-state index in [9.17, 15) is 13.6 Å². The minimum Gasteiger partial charge on any atom is -0.407 e. The first-order valence-electron chi connectivity index (χ1n) is 5.66. The zero-order chi connectivity index (χ0) is 13.1. The van der Waals surface area contributed by atoms with Gasteiger partial charge in [-0.05, 0) is 19.2 Å². The Morgan fingerprint density at radius 1 is 1.22 bits per heavy atom. The fourth-order valence-electron chi connectivity index (χ4n) is 1.71. The van der Waals surface area contributed by atoms with E-state index in [2.05, 4.69) is 4.90 Å². The van der Waals surface area contributed by atoms with Crippen LogP contribution in [0.3, 0.4) is 0 Å². The lowest BCUT2D eigenvalue weighted by Gasteiger charge is -2.31. The summed E-state index contributed by atoms with van der Waals surface area (Å²) in [6.45, 7) is 2.58. The van der Waals surface area contributed by atoms with Crippen LogP contribution < -0.4 is 4.74 Å². The number of hydrogen-bond acceptors (Lipinski definition) is 3. The molecule has 0 aromatic heterocycles. The first-order chi connectivity index (χ1) is 8.56. The van der Waals surface area contributed by atoms with Gasteiger partial charge in [0.25, 0.3) is 0 Å². The van der Waals surface area contributed by atoms with Gasteiger partial charge in [-0.3, -0.25) is 0 Å². The summed E-state index contributed by atoms with van der Waals surface area (Å²) >= 11 is 0. The van der Waals surface area contributed by atoms with Gasteiger partial charge < -0.3 is 14.5 Å². The summed E-state index contributed by atoms with van der Waals surface area (Å²) in [6, 6.07) is 2.85. The second-order valence-electron chi connectivity index (χ2n) is 4.23. The molecule has 0 N–H and O–H groups in total. The Morgan fingerprint density at radius 3 is 2.50 bits per heavy atom. The molecule has 1 aliphatic rings. The lowest BCUT2D eigenvalue weighted by molar-refractivity contribution is 0.119. The molecule has 6 heteroatoms. The van der Waals surface area contributed by atoms with Crippen LogP contribution in [0.5, 0.6) is 5.75 Å². The summed E-state index contributed by atoms with van der Waals surface area (Å²) in [6.07, 6.45) is -0.603. The van der Waals surface area contributed by atoms with E-state index in [-0.39, 0.29) is 5.75 Å². The number of benzene rings is 1. The average Bonchev–Trinajstić information content (AvgIpc) is 2.33. The number of halogens is 2. The maximum absolute atomic E-state index is 13.3. The third-order valence-electron chi connectivity index (χ3n) is 2.85. The number of rotatable bonds is 1. The molecule has 98 valence electrons. The van der Waals surface area contributed by atoms with Crippen LogP contribution in [0.1, 0.15) is 0 Å². The van der Waals surface area contributed by atoms with E-state index in [1.165, 1.54) is 4.90 Å². The van der Waals surface area contributed by atoms with E-state index in [4.69, 9.17) is 4.74 Å². The fourth-order valence-corrected chi connectivity index (χ4v) is 1.71. The summed E-state index contributed by atoms with van der Waals surface area (Å²) in [4.78, 5) is 15.3. The van der Waals surface area contributed by atoms with Gasteiger partial charge in [0.05, 0.1) is 0 Å². The van der Waals surface area contributed by atoms with Crippen molar-refractivity contribution in [2.45, 2.75) is 0 Å². The quantitative estimate of drug-likeness (QED) is 0.767. The van der Waals surface area contributed by atoms with Crippen molar-refractivity contribution in [3.63, 3.8) is 0 Å². The SMILES string of the molecule is CN1CCN(C(=O)Oc2ccc(F)cc2F)CC1. The average molecular weight is 256 g/mol. The summed E-state index contributed by atoms with van der Waals surface area (Å²) in [5.41, 5.74) is 0. The van der Waals surface area contributed by atoms with E-state index in [1.54, 1.807) is 0 Å². The monoisotopic (exact) mass is 256 g/mol. The van der Waals surface area contributed by atoms with Gasteiger partial charge in [0.15, 0.2) is 11.6 Å². The highest BCUT2D eigenvalue weighted by molar-refractivity contribution is 5.70. The number of likely N-dealkylation sites (N-methyl/N-ethyl adjacent to an activating group) is 1. The standard InChI is InChI=1S/C12H14F2N2O2/c1-15-4-6-16(7-5-15)12(17)18-11-3-2-9(13)8-10(11)14/h2-3,8H,4-7H2,1H3. The van der Waals surface area contributed by atoms with Crippen molar-refractivity contribution < 1.29 is 18.3 Å². The van der Waals surface area contributed by atoms with Crippen LogP contribution >= 0.6 is 0 Å². The van der Waals surface area contributed by atoms with E-state index >= 15 is 0 Å². The highest BCUT2D eigenvalue weighted by Crippen LogP contribution is 2.18. The molecule has 2 rings (SSSR count). The van der Waals surface area contributed by atoms with Gasteiger partial charge in [0.2, 0.25) is 0 Å². The second kappa shape index (κ2) is 5.30. The van der Waals surface area contributed by atoms with Crippen molar-refractivity contribution in [1.82, 2.24) is 9.80 Å². The van der Waals surface area contributed by atoms with Crippen LogP contribution in [0.15, 0.2) is 18.2 Å². The molecular weight excluding hydrogens is 242 g/mol. The number of amides is 1. The smallest absolute Gasteiger partial charge is 0.407 e. The summed E-state index contributed by atoms with van der Waals surface area (Å²) in [5.74, 6) is -1.83. The Kier molecular flexibility index (Phi) is 3.76. The molecule has 0 saturated carbocycles. The lowest BCUT2D eigenvalue weighted by Crippen LogP contribution is -2.48. The maximum Gasteiger partial charge on any atom is 0.415 e. The molecule has 1 aromatic carbocycles. The van der Waals surface area contributed by atoms with E-state index < -0.39 is 17.7 Å². The topological polar surface area (TPSA) is 32.8 Å². The summed E-state index contributed by atoms with van der Waals surface area (Å²) in [5, 5.41) is 0. The molecule has 1 fully saturated rings. The van der Waals surface area contributed by atoms with Gasteiger partial charge in [-0.1, -0.05) is 0 Å². The maximum atomic E-state index is 13.3. The Balaban J connectivity index is 1.98. The number of ether oxygens (including phenoxy) is 1. The third kappa shape index (κ3) is 2.95. The Labute approximate surface area is 104 Å². The van der Waals surface area contributed by atoms with Gasteiger partial charge in [0.1, 0.15) is 5.82 Å². The largest absolute Gasteiger partial charge is 0.415 e. The molecule has 4 nitrogen and oxygen atoms in total. The number of carbonyl (C=O) groups is 1. The predicted molar refractivity (Wildman–Crippen MR) is 61.5 cm³/mol. The van der Waals surface area contributed by atoms with Crippen molar-refractivity contribution in [3.8, 4) is 5.75 Å². The molecule has 1 aliphatic heterocycles. The summed E-state index contributed by atoms with van der Waals surface area (Å²) < 4.78 is 30.9. The van der Waals surface area contributed by atoms with E-state index in [1.807, 2.05) is 7.05 Å². The van der Waals surface area contributed by atoms with Crippen LogP contribution in [0, 0.1) is 11.6 Å². The molecule has 1 aromatic rings. The summed E-state index contributed by atoms with van der Waals surface area (Å²) in [7, 11) is 1.96. The molecule has 0 atom stereocenters. The fraction of sp³-hybridized carbons (Fsp3) is 0.417. The predicted octanol–water partition coefficient (Wildman–Crippen LogP) is 1.71.